The average Bonchev–Trinajstić information content (AvgIpc) is 2.37. The van der Waals surface area contributed by atoms with Crippen LogP contribution in [0.15, 0.2) is 12.1 Å². The Balaban J connectivity index is 2.32. The summed E-state index contributed by atoms with van der Waals surface area (Å²) in [7, 11) is 1.72. The van der Waals surface area contributed by atoms with E-state index in [1.54, 1.807) is 13.1 Å². The molecular formula is C13H20N4O2. The summed E-state index contributed by atoms with van der Waals surface area (Å²) in [5, 5.41) is 13.8. The first-order chi connectivity index (χ1) is 8.99. The van der Waals surface area contributed by atoms with Gasteiger partial charge in [0.2, 0.25) is 0 Å². The number of anilines is 2. The van der Waals surface area contributed by atoms with Crippen LogP contribution in [0.1, 0.15) is 20.3 Å². The van der Waals surface area contributed by atoms with Gasteiger partial charge in [-0.25, -0.2) is 4.98 Å². The van der Waals surface area contributed by atoms with Gasteiger partial charge in [-0.15, -0.1) is 0 Å². The van der Waals surface area contributed by atoms with E-state index in [0.29, 0.717) is 23.5 Å². The molecule has 104 valence electrons. The van der Waals surface area contributed by atoms with E-state index < -0.39 is 0 Å². The molecule has 1 aromatic heterocycles. The van der Waals surface area contributed by atoms with Crippen molar-refractivity contribution >= 4 is 17.3 Å². The summed E-state index contributed by atoms with van der Waals surface area (Å²) in [5.41, 5.74) is 0.0835. The van der Waals surface area contributed by atoms with Gasteiger partial charge in [0, 0.05) is 20.1 Å². The zero-order valence-corrected chi connectivity index (χ0v) is 11.6. The number of pyridine rings is 1. The third-order valence-corrected chi connectivity index (χ3v) is 3.46. The van der Waals surface area contributed by atoms with Crippen molar-refractivity contribution in [2.75, 3.05) is 30.4 Å². The summed E-state index contributed by atoms with van der Waals surface area (Å²) in [4.78, 5) is 17.2. The Morgan fingerprint density at radius 2 is 2.00 bits per heavy atom. The lowest BCUT2D eigenvalue weighted by Gasteiger charge is -2.35. The fraction of sp³-hybridized carbons (Fsp3) is 0.615. The third-order valence-electron chi connectivity index (χ3n) is 3.46. The zero-order valence-electron chi connectivity index (χ0n) is 11.6. The van der Waals surface area contributed by atoms with E-state index >= 15 is 0 Å². The van der Waals surface area contributed by atoms with Gasteiger partial charge in [0.15, 0.2) is 0 Å². The van der Waals surface area contributed by atoms with E-state index in [0.717, 1.165) is 13.1 Å². The van der Waals surface area contributed by atoms with Gasteiger partial charge in [0.05, 0.1) is 17.1 Å². The molecule has 0 saturated carbocycles. The SMILES string of the molecule is CNc1cc([N+](=O)[O-])cc(N2CC(C)CC(C)C2)n1. The first-order valence-electron chi connectivity index (χ1n) is 6.58. The van der Waals surface area contributed by atoms with Crippen molar-refractivity contribution in [2.45, 2.75) is 20.3 Å². The molecule has 0 spiro atoms. The van der Waals surface area contributed by atoms with Crippen molar-refractivity contribution in [1.82, 2.24) is 4.98 Å². The van der Waals surface area contributed by atoms with Crippen molar-refractivity contribution in [1.29, 1.82) is 0 Å². The number of hydrogen-bond donors (Lipinski definition) is 1. The Hall–Kier alpha value is -1.85. The van der Waals surface area contributed by atoms with E-state index in [9.17, 15) is 10.1 Å². The van der Waals surface area contributed by atoms with Crippen LogP contribution in [-0.4, -0.2) is 30.0 Å². The number of piperidine rings is 1. The second-order valence-electron chi connectivity index (χ2n) is 5.43. The Labute approximate surface area is 113 Å². The lowest BCUT2D eigenvalue weighted by Crippen LogP contribution is -2.39. The Morgan fingerprint density at radius 3 is 2.53 bits per heavy atom. The number of nitrogens with one attached hydrogen (secondary N) is 1. The van der Waals surface area contributed by atoms with Crippen molar-refractivity contribution in [3.63, 3.8) is 0 Å². The summed E-state index contributed by atoms with van der Waals surface area (Å²) < 4.78 is 0. The van der Waals surface area contributed by atoms with Crippen LogP contribution in [0.3, 0.4) is 0 Å². The minimum absolute atomic E-state index is 0.0835. The molecular weight excluding hydrogens is 244 g/mol. The Bertz CT molecular complexity index is 468. The first kappa shape index (κ1) is 13.6. The fourth-order valence-electron chi connectivity index (χ4n) is 2.75. The molecule has 2 atom stereocenters. The summed E-state index contributed by atoms with van der Waals surface area (Å²) in [6.45, 7) is 6.22. The van der Waals surface area contributed by atoms with Gasteiger partial charge >= 0.3 is 0 Å². The van der Waals surface area contributed by atoms with Gasteiger partial charge in [-0.2, -0.15) is 0 Å². The molecule has 0 aromatic carbocycles. The molecule has 2 rings (SSSR count). The second kappa shape index (κ2) is 5.42. The van der Waals surface area contributed by atoms with Crippen molar-refractivity contribution in [3.8, 4) is 0 Å². The summed E-state index contributed by atoms with van der Waals surface area (Å²) in [6, 6.07) is 3.02. The van der Waals surface area contributed by atoms with Gasteiger partial charge in [0.1, 0.15) is 11.6 Å². The molecule has 19 heavy (non-hydrogen) atoms. The number of nitro groups is 1. The van der Waals surface area contributed by atoms with E-state index in [4.69, 9.17) is 0 Å². The van der Waals surface area contributed by atoms with E-state index in [1.165, 1.54) is 12.5 Å². The highest BCUT2D eigenvalue weighted by atomic mass is 16.6. The molecule has 0 radical (unpaired) electrons. The fourth-order valence-corrected chi connectivity index (χ4v) is 2.75. The van der Waals surface area contributed by atoms with Crippen LogP contribution in [0.5, 0.6) is 0 Å². The highest BCUT2D eigenvalue weighted by molar-refractivity contribution is 5.56. The third kappa shape index (κ3) is 3.13. The lowest BCUT2D eigenvalue weighted by atomic mass is 9.92. The van der Waals surface area contributed by atoms with Gasteiger partial charge in [0.25, 0.3) is 5.69 Å². The van der Waals surface area contributed by atoms with Crippen molar-refractivity contribution < 1.29 is 4.92 Å². The maximum atomic E-state index is 11.0. The number of hydrogen-bond acceptors (Lipinski definition) is 5. The van der Waals surface area contributed by atoms with Crippen molar-refractivity contribution in [2.24, 2.45) is 11.8 Å². The molecule has 1 N–H and O–H groups in total. The second-order valence-corrected chi connectivity index (χ2v) is 5.43. The molecule has 0 bridgehead atoms. The molecule has 0 aliphatic carbocycles. The van der Waals surface area contributed by atoms with Crippen LogP contribution in [-0.2, 0) is 0 Å². The number of nitrogens with zero attached hydrogens (tertiary/aromatic N) is 3. The quantitative estimate of drug-likeness (QED) is 0.671. The number of rotatable bonds is 3. The van der Waals surface area contributed by atoms with Crippen LogP contribution in [0.2, 0.25) is 0 Å². The Kier molecular flexibility index (Phi) is 3.87. The molecule has 1 fully saturated rings. The topological polar surface area (TPSA) is 71.3 Å². The summed E-state index contributed by atoms with van der Waals surface area (Å²) in [6.07, 6.45) is 1.20. The minimum atomic E-state index is -0.372. The largest absolute Gasteiger partial charge is 0.373 e. The molecule has 6 heteroatoms. The first-order valence-corrected chi connectivity index (χ1v) is 6.58. The predicted octanol–water partition coefficient (Wildman–Crippen LogP) is 2.51. The molecule has 1 aliphatic heterocycles. The highest BCUT2D eigenvalue weighted by Gasteiger charge is 2.24. The number of aromatic nitrogens is 1. The van der Waals surface area contributed by atoms with Gasteiger partial charge in [-0.3, -0.25) is 10.1 Å². The smallest absolute Gasteiger partial charge is 0.276 e. The normalized spacial score (nSPS) is 23.2. The Morgan fingerprint density at radius 1 is 1.37 bits per heavy atom. The minimum Gasteiger partial charge on any atom is -0.373 e. The van der Waals surface area contributed by atoms with Gasteiger partial charge in [-0.1, -0.05) is 13.8 Å². The van der Waals surface area contributed by atoms with Crippen molar-refractivity contribution in [3.05, 3.63) is 22.2 Å². The highest BCUT2D eigenvalue weighted by Crippen LogP contribution is 2.28. The predicted molar refractivity (Wildman–Crippen MR) is 75.6 cm³/mol. The van der Waals surface area contributed by atoms with Crippen LogP contribution < -0.4 is 10.2 Å². The van der Waals surface area contributed by atoms with Gasteiger partial charge < -0.3 is 10.2 Å². The lowest BCUT2D eigenvalue weighted by molar-refractivity contribution is -0.384. The molecule has 2 unspecified atom stereocenters. The average molecular weight is 264 g/mol. The maximum absolute atomic E-state index is 11.0. The molecule has 1 saturated heterocycles. The zero-order chi connectivity index (χ0) is 14.0. The summed E-state index contributed by atoms with van der Waals surface area (Å²) in [5.74, 6) is 2.40. The van der Waals surface area contributed by atoms with Crippen LogP contribution in [0, 0.1) is 22.0 Å². The monoisotopic (exact) mass is 264 g/mol. The summed E-state index contributed by atoms with van der Waals surface area (Å²) >= 11 is 0. The van der Waals surface area contributed by atoms with E-state index in [1.807, 2.05) is 0 Å². The molecule has 6 nitrogen and oxygen atoms in total. The van der Waals surface area contributed by atoms with Crippen LogP contribution >= 0.6 is 0 Å². The maximum Gasteiger partial charge on any atom is 0.276 e. The molecule has 0 amide bonds. The molecule has 1 aliphatic rings. The van der Waals surface area contributed by atoms with Crippen LogP contribution in [0.25, 0.3) is 0 Å². The van der Waals surface area contributed by atoms with Gasteiger partial charge in [-0.05, 0) is 18.3 Å². The van der Waals surface area contributed by atoms with Crippen LogP contribution in [0.4, 0.5) is 17.3 Å². The molecule has 1 aromatic rings. The standard InChI is InChI=1S/C13H20N4O2/c1-9-4-10(2)8-16(7-9)13-6-11(17(18)19)5-12(14-3)15-13/h5-6,9-10H,4,7-8H2,1-3H3,(H,14,15). The van der Waals surface area contributed by atoms with E-state index in [2.05, 4.69) is 29.0 Å². The molecule has 2 heterocycles. The van der Waals surface area contributed by atoms with E-state index in [-0.39, 0.29) is 10.6 Å².